The third kappa shape index (κ3) is 2.10. The van der Waals surface area contributed by atoms with E-state index in [0.717, 1.165) is 0 Å². The van der Waals surface area contributed by atoms with E-state index in [4.69, 9.17) is 10.00 Å². The van der Waals surface area contributed by atoms with Crippen LogP contribution in [0.2, 0.25) is 0 Å². The van der Waals surface area contributed by atoms with Gasteiger partial charge < -0.3 is 15.2 Å². The van der Waals surface area contributed by atoms with Crippen molar-refractivity contribution in [1.29, 1.82) is 5.26 Å². The summed E-state index contributed by atoms with van der Waals surface area (Å²) in [5.41, 5.74) is -0.778. The zero-order valence-electron chi connectivity index (χ0n) is 9.75. The van der Waals surface area contributed by atoms with Crippen molar-refractivity contribution >= 4 is 11.8 Å². The van der Waals surface area contributed by atoms with E-state index in [1.54, 1.807) is 6.92 Å². The molecule has 0 spiro atoms. The molecule has 0 aliphatic carbocycles. The summed E-state index contributed by atoms with van der Waals surface area (Å²) in [7, 11) is 0. The van der Waals surface area contributed by atoms with Gasteiger partial charge in [-0.1, -0.05) is 0 Å². The number of carboxylic acid groups (broad SMARTS) is 1. The Hall–Kier alpha value is -2.20. The van der Waals surface area contributed by atoms with Crippen LogP contribution >= 0.6 is 0 Å². The van der Waals surface area contributed by atoms with Crippen LogP contribution in [0.4, 0.5) is 5.82 Å². The predicted molar refractivity (Wildman–Crippen MR) is 60.7 cm³/mol. The first-order chi connectivity index (χ1) is 8.56. The van der Waals surface area contributed by atoms with Crippen LogP contribution in [0.3, 0.4) is 0 Å². The van der Waals surface area contributed by atoms with Crippen molar-refractivity contribution in [2.24, 2.45) is 5.41 Å². The van der Waals surface area contributed by atoms with Gasteiger partial charge in [-0.2, -0.15) is 5.26 Å². The Morgan fingerprint density at radius 1 is 1.67 bits per heavy atom. The van der Waals surface area contributed by atoms with Crippen molar-refractivity contribution in [3.05, 3.63) is 18.1 Å². The molecule has 7 heteroatoms. The summed E-state index contributed by atoms with van der Waals surface area (Å²) < 4.78 is 5.21. The molecule has 18 heavy (non-hydrogen) atoms. The van der Waals surface area contributed by atoms with Crippen LogP contribution in [0.1, 0.15) is 12.6 Å². The maximum Gasteiger partial charge on any atom is 0.313 e. The Kier molecular flexibility index (Phi) is 3.12. The van der Waals surface area contributed by atoms with Gasteiger partial charge in [0.2, 0.25) is 0 Å². The third-order valence-electron chi connectivity index (χ3n) is 3.03. The average Bonchev–Trinajstić information content (AvgIpc) is 2.73. The molecule has 1 saturated heterocycles. The van der Waals surface area contributed by atoms with Crippen molar-refractivity contribution < 1.29 is 14.6 Å². The van der Waals surface area contributed by atoms with E-state index >= 15 is 0 Å². The van der Waals surface area contributed by atoms with Gasteiger partial charge in [0.15, 0.2) is 5.69 Å². The number of hydrogen-bond donors (Lipinski definition) is 2. The SMILES string of the molecule is CC1(C(=O)O)COCC1Nc1cnc(C#N)cn1. The number of rotatable bonds is 3. The molecule has 0 aromatic carbocycles. The largest absolute Gasteiger partial charge is 0.481 e. The van der Waals surface area contributed by atoms with E-state index in [2.05, 4.69) is 15.3 Å². The molecule has 2 atom stereocenters. The Balaban J connectivity index is 2.13. The fourth-order valence-electron chi connectivity index (χ4n) is 1.72. The van der Waals surface area contributed by atoms with Gasteiger partial charge >= 0.3 is 5.97 Å². The highest BCUT2D eigenvalue weighted by Crippen LogP contribution is 2.30. The maximum absolute atomic E-state index is 11.2. The molecule has 7 nitrogen and oxygen atoms in total. The van der Waals surface area contributed by atoms with Crippen LogP contribution < -0.4 is 5.32 Å². The van der Waals surface area contributed by atoms with Gasteiger partial charge in [-0.05, 0) is 6.92 Å². The molecular weight excluding hydrogens is 236 g/mol. The number of anilines is 1. The van der Waals surface area contributed by atoms with Crippen LogP contribution in [-0.4, -0.2) is 40.3 Å². The van der Waals surface area contributed by atoms with Crippen LogP contribution in [0.15, 0.2) is 12.4 Å². The summed E-state index contributed by atoms with van der Waals surface area (Å²) in [5, 5.41) is 20.8. The highest BCUT2D eigenvalue weighted by molar-refractivity contribution is 5.76. The zero-order chi connectivity index (χ0) is 13.2. The number of nitriles is 1. The molecule has 0 bridgehead atoms. The molecule has 1 aliphatic heterocycles. The van der Waals surface area contributed by atoms with Crippen molar-refractivity contribution in [3.63, 3.8) is 0 Å². The van der Waals surface area contributed by atoms with Crippen molar-refractivity contribution in [1.82, 2.24) is 9.97 Å². The monoisotopic (exact) mass is 248 g/mol. The van der Waals surface area contributed by atoms with Gasteiger partial charge in [-0.25, -0.2) is 9.97 Å². The fraction of sp³-hybridized carbons (Fsp3) is 0.455. The number of aliphatic carboxylic acids is 1. The highest BCUT2D eigenvalue weighted by atomic mass is 16.5. The molecule has 2 heterocycles. The van der Waals surface area contributed by atoms with Gasteiger partial charge in [0.25, 0.3) is 0 Å². The van der Waals surface area contributed by atoms with E-state index in [1.165, 1.54) is 12.4 Å². The number of nitrogens with zero attached hydrogens (tertiary/aromatic N) is 3. The topological polar surface area (TPSA) is 108 Å². The summed E-state index contributed by atoms with van der Waals surface area (Å²) in [6.07, 6.45) is 2.73. The van der Waals surface area contributed by atoms with Crippen molar-refractivity contribution in [3.8, 4) is 6.07 Å². The Bertz CT molecular complexity index is 496. The van der Waals surface area contributed by atoms with Crippen molar-refractivity contribution in [2.45, 2.75) is 13.0 Å². The normalized spacial score (nSPS) is 26.6. The smallest absolute Gasteiger partial charge is 0.313 e. The number of nitrogens with one attached hydrogen (secondary N) is 1. The van der Waals surface area contributed by atoms with Gasteiger partial charge in [0.05, 0.1) is 31.6 Å². The van der Waals surface area contributed by atoms with Crippen LogP contribution in [-0.2, 0) is 9.53 Å². The summed E-state index contributed by atoms with van der Waals surface area (Å²) >= 11 is 0. The van der Waals surface area contributed by atoms with E-state index in [1.807, 2.05) is 6.07 Å². The average molecular weight is 248 g/mol. The number of carbonyl (C=O) groups is 1. The number of aromatic nitrogens is 2. The summed E-state index contributed by atoms with van der Waals surface area (Å²) in [6.45, 7) is 2.07. The third-order valence-corrected chi connectivity index (χ3v) is 3.03. The molecule has 1 fully saturated rings. The van der Waals surface area contributed by atoms with E-state index < -0.39 is 11.4 Å². The lowest BCUT2D eigenvalue weighted by Gasteiger charge is -2.25. The molecule has 0 saturated carbocycles. The van der Waals surface area contributed by atoms with E-state index in [0.29, 0.717) is 12.4 Å². The lowest BCUT2D eigenvalue weighted by Crippen LogP contribution is -2.43. The van der Waals surface area contributed by atoms with Crippen LogP contribution in [0.25, 0.3) is 0 Å². The first kappa shape index (κ1) is 12.3. The Morgan fingerprint density at radius 3 is 3.00 bits per heavy atom. The molecular formula is C11H12N4O3. The van der Waals surface area contributed by atoms with E-state index in [9.17, 15) is 9.90 Å². The van der Waals surface area contributed by atoms with E-state index in [-0.39, 0.29) is 18.3 Å². The van der Waals surface area contributed by atoms with Gasteiger partial charge in [-0.3, -0.25) is 4.79 Å². The molecule has 2 rings (SSSR count). The summed E-state index contributed by atoms with van der Waals surface area (Å²) in [4.78, 5) is 19.1. The highest BCUT2D eigenvalue weighted by Gasteiger charge is 2.46. The Morgan fingerprint density at radius 2 is 2.44 bits per heavy atom. The molecule has 0 amide bonds. The molecule has 2 N–H and O–H groups in total. The number of carboxylic acids is 1. The standard InChI is InChI=1S/C11H12N4O3/c1-11(10(16)17)6-18-5-8(11)15-9-4-13-7(2-12)3-14-9/h3-4,8H,5-6H2,1H3,(H,14,15)(H,16,17). The maximum atomic E-state index is 11.2. The number of ether oxygens (including phenoxy) is 1. The van der Waals surface area contributed by atoms with Gasteiger partial charge in [0.1, 0.15) is 17.3 Å². The lowest BCUT2D eigenvalue weighted by molar-refractivity contribution is -0.148. The zero-order valence-corrected chi connectivity index (χ0v) is 9.75. The minimum absolute atomic E-state index is 0.156. The molecule has 0 radical (unpaired) electrons. The van der Waals surface area contributed by atoms with Crippen LogP contribution in [0, 0.1) is 16.7 Å². The van der Waals surface area contributed by atoms with Gasteiger partial charge in [0, 0.05) is 0 Å². The van der Waals surface area contributed by atoms with Crippen molar-refractivity contribution in [2.75, 3.05) is 18.5 Å². The molecule has 94 valence electrons. The first-order valence-corrected chi connectivity index (χ1v) is 5.36. The molecule has 1 aromatic heterocycles. The summed E-state index contributed by atoms with van der Waals surface area (Å²) in [5.74, 6) is -0.490. The lowest BCUT2D eigenvalue weighted by atomic mass is 9.85. The second-order valence-corrected chi connectivity index (χ2v) is 4.33. The Labute approximate surface area is 103 Å². The molecule has 1 aliphatic rings. The predicted octanol–water partition coefficient (Wildman–Crippen LogP) is 0.250. The minimum atomic E-state index is -0.990. The fourth-order valence-corrected chi connectivity index (χ4v) is 1.72. The first-order valence-electron chi connectivity index (χ1n) is 5.36. The van der Waals surface area contributed by atoms with Gasteiger partial charge in [-0.15, -0.1) is 0 Å². The quantitative estimate of drug-likeness (QED) is 0.789. The number of hydrogen-bond acceptors (Lipinski definition) is 6. The van der Waals surface area contributed by atoms with Crippen LogP contribution in [0.5, 0.6) is 0 Å². The summed E-state index contributed by atoms with van der Waals surface area (Å²) in [6, 6.07) is 1.48. The molecule has 2 unspecified atom stereocenters. The molecule has 1 aromatic rings. The second kappa shape index (κ2) is 4.58. The second-order valence-electron chi connectivity index (χ2n) is 4.33. The minimum Gasteiger partial charge on any atom is -0.481 e.